The number of fused-ring (bicyclic) bond motifs is 3. The first-order valence-corrected chi connectivity index (χ1v) is 10.3. The maximum Gasteiger partial charge on any atom is 0.240 e. The van der Waals surface area contributed by atoms with Gasteiger partial charge < -0.3 is 25.0 Å². The molecule has 2 aliphatic rings. The normalized spacial score (nSPS) is 20.3. The molecule has 11 nitrogen and oxygen atoms in total. The molecule has 0 aromatic carbocycles. The molecule has 0 unspecified atom stereocenters. The minimum atomic E-state index is -0.626. The highest BCUT2D eigenvalue weighted by Crippen LogP contribution is 2.36. The van der Waals surface area contributed by atoms with Crippen molar-refractivity contribution in [3.8, 4) is 28.7 Å². The fourth-order valence-corrected chi connectivity index (χ4v) is 4.18. The molecular formula is C20H24N8O3. The number of β-amino-alcohol motifs (C(OH)–C–C–N with tert-alkyl or cyclic N) is 1. The molecule has 0 aliphatic carbocycles. The van der Waals surface area contributed by atoms with E-state index in [0.29, 0.717) is 43.5 Å². The highest BCUT2D eigenvalue weighted by Gasteiger charge is 2.36. The lowest BCUT2D eigenvalue weighted by molar-refractivity contribution is -0.119. The van der Waals surface area contributed by atoms with E-state index in [9.17, 15) is 9.90 Å². The Morgan fingerprint density at radius 1 is 1.32 bits per heavy atom. The van der Waals surface area contributed by atoms with E-state index < -0.39 is 18.1 Å². The molecule has 0 saturated carbocycles. The second-order valence-corrected chi connectivity index (χ2v) is 8.11. The van der Waals surface area contributed by atoms with Gasteiger partial charge in [-0.2, -0.15) is 5.10 Å². The molecule has 0 bridgehead atoms. The number of hydrogen-bond donors (Lipinski definition) is 2. The van der Waals surface area contributed by atoms with E-state index in [1.54, 1.807) is 17.2 Å². The van der Waals surface area contributed by atoms with Gasteiger partial charge in [-0.05, 0) is 13.8 Å². The second-order valence-electron chi connectivity index (χ2n) is 8.11. The zero-order valence-electron chi connectivity index (χ0n) is 17.3. The van der Waals surface area contributed by atoms with Gasteiger partial charge in [0.25, 0.3) is 0 Å². The molecule has 162 valence electrons. The number of amides is 1. The van der Waals surface area contributed by atoms with Gasteiger partial charge in [0.15, 0.2) is 5.82 Å². The monoisotopic (exact) mass is 424 g/mol. The summed E-state index contributed by atoms with van der Waals surface area (Å²) in [7, 11) is 0. The fourth-order valence-electron chi connectivity index (χ4n) is 4.18. The van der Waals surface area contributed by atoms with Crippen LogP contribution in [0.15, 0.2) is 24.8 Å². The molecule has 0 spiro atoms. The van der Waals surface area contributed by atoms with Gasteiger partial charge in [0.1, 0.15) is 42.1 Å². The Kier molecular flexibility index (Phi) is 4.62. The van der Waals surface area contributed by atoms with Crippen molar-refractivity contribution in [3.05, 3.63) is 24.8 Å². The van der Waals surface area contributed by atoms with Crippen molar-refractivity contribution in [2.45, 2.75) is 45.0 Å². The molecule has 3 aromatic heterocycles. The van der Waals surface area contributed by atoms with Gasteiger partial charge in [-0.1, -0.05) is 0 Å². The van der Waals surface area contributed by atoms with Crippen LogP contribution in [0, 0.1) is 0 Å². The fraction of sp³-hybridized carbons (Fsp3) is 0.450. The maximum atomic E-state index is 11.8. The molecule has 2 atom stereocenters. The summed E-state index contributed by atoms with van der Waals surface area (Å²) in [6.07, 6.45) is 4.83. The number of nitrogens with two attached hydrogens (primary N) is 1. The van der Waals surface area contributed by atoms with Gasteiger partial charge in [0.2, 0.25) is 5.91 Å². The van der Waals surface area contributed by atoms with Gasteiger partial charge in [0, 0.05) is 37.5 Å². The highest BCUT2D eigenvalue weighted by molar-refractivity contribution is 5.84. The molecule has 3 aromatic rings. The minimum absolute atomic E-state index is 0.160. The summed E-state index contributed by atoms with van der Waals surface area (Å²) in [5, 5.41) is 14.3. The van der Waals surface area contributed by atoms with E-state index >= 15 is 0 Å². The van der Waals surface area contributed by atoms with Gasteiger partial charge in [-0.25, -0.2) is 19.6 Å². The summed E-state index contributed by atoms with van der Waals surface area (Å²) < 4.78 is 9.82. The van der Waals surface area contributed by atoms with Gasteiger partial charge >= 0.3 is 0 Å². The summed E-state index contributed by atoms with van der Waals surface area (Å²) >= 11 is 0. The number of rotatable bonds is 4. The number of imidazole rings is 1. The van der Waals surface area contributed by atoms with Crippen LogP contribution in [0.1, 0.15) is 26.3 Å². The van der Waals surface area contributed by atoms with Crippen LogP contribution in [0.3, 0.4) is 0 Å². The number of primary amides is 1. The predicted molar refractivity (Wildman–Crippen MR) is 111 cm³/mol. The van der Waals surface area contributed by atoms with Crippen LogP contribution in [0.25, 0.3) is 22.9 Å². The average Bonchev–Trinajstić information content (AvgIpc) is 3.44. The molecule has 5 rings (SSSR count). The first kappa shape index (κ1) is 19.5. The van der Waals surface area contributed by atoms with E-state index in [2.05, 4.69) is 15.1 Å². The van der Waals surface area contributed by atoms with Crippen molar-refractivity contribution in [1.82, 2.24) is 29.3 Å². The van der Waals surface area contributed by atoms with Crippen LogP contribution in [0.4, 0.5) is 5.82 Å². The van der Waals surface area contributed by atoms with Crippen molar-refractivity contribution in [2.75, 3.05) is 18.1 Å². The third kappa shape index (κ3) is 3.30. The Morgan fingerprint density at radius 3 is 2.94 bits per heavy atom. The Morgan fingerprint density at radius 2 is 2.16 bits per heavy atom. The average molecular weight is 424 g/mol. The predicted octanol–water partition coefficient (Wildman–Crippen LogP) is 0.602. The van der Waals surface area contributed by atoms with Crippen LogP contribution >= 0.6 is 0 Å². The Hall–Kier alpha value is -3.47. The molecule has 11 heteroatoms. The summed E-state index contributed by atoms with van der Waals surface area (Å²) in [6.45, 7) is 5.46. The van der Waals surface area contributed by atoms with E-state index in [1.165, 1.54) is 6.33 Å². The molecule has 5 heterocycles. The zero-order valence-corrected chi connectivity index (χ0v) is 17.3. The SMILES string of the molecule is CC(C)n1ncnc1-c1cn2c(n1)-c1cnc(N3C[C@@H](O)C[C@H]3C(N)=O)cc1OCC2. The molecule has 2 aliphatic heterocycles. The van der Waals surface area contributed by atoms with E-state index in [-0.39, 0.29) is 6.04 Å². The third-order valence-electron chi connectivity index (χ3n) is 5.65. The number of aliphatic hydroxyl groups excluding tert-OH is 1. The van der Waals surface area contributed by atoms with Gasteiger partial charge in [-0.15, -0.1) is 0 Å². The molecule has 1 fully saturated rings. The third-order valence-corrected chi connectivity index (χ3v) is 5.65. The highest BCUT2D eigenvalue weighted by atomic mass is 16.5. The van der Waals surface area contributed by atoms with Crippen LogP contribution in [0.2, 0.25) is 0 Å². The molecule has 3 N–H and O–H groups in total. The summed E-state index contributed by atoms with van der Waals surface area (Å²) in [6, 6.07) is 1.35. The molecular weight excluding hydrogens is 400 g/mol. The topological polar surface area (TPSA) is 137 Å². The number of ether oxygens (including phenoxy) is 1. The van der Waals surface area contributed by atoms with E-state index in [1.807, 2.05) is 29.3 Å². The molecule has 0 radical (unpaired) electrons. The number of nitrogens with zero attached hydrogens (tertiary/aromatic N) is 7. The lowest BCUT2D eigenvalue weighted by Crippen LogP contribution is -2.40. The maximum absolute atomic E-state index is 11.8. The lowest BCUT2D eigenvalue weighted by Gasteiger charge is -2.23. The zero-order chi connectivity index (χ0) is 21.7. The number of hydrogen-bond acceptors (Lipinski definition) is 8. The molecule has 1 amide bonds. The summed E-state index contributed by atoms with van der Waals surface area (Å²) in [4.78, 5) is 27.3. The van der Waals surface area contributed by atoms with E-state index in [4.69, 9.17) is 15.5 Å². The molecule has 31 heavy (non-hydrogen) atoms. The quantitative estimate of drug-likeness (QED) is 0.621. The first-order chi connectivity index (χ1) is 14.9. The van der Waals surface area contributed by atoms with Crippen molar-refractivity contribution >= 4 is 11.7 Å². The number of carbonyl (C=O) groups is 1. The lowest BCUT2D eigenvalue weighted by atomic mass is 10.2. The van der Waals surface area contributed by atoms with Crippen LogP contribution in [-0.2, 0) is 11.3 Å². The number of aliphatic hydroxyl groups is 1. The number of aromatic nitrogens is 6. The standard InChI is InChI=1S/C20H24N8O3/c1-11(2)28-20(23-10-24-28)14-9-26-3-4-31-16-6-17(22-7-13(16)19(26)25-14)27-8-12(29)5-15(27)18(21)30/h6-7,9-12,15,29H,3-5,8H2,1-2H3,(H2,21,30)/t12-,15-/m0/s1. The Bertz CT molecular complexity index is 1140. The van der Waals surface area contributed by atoms with Gasteiger partial charge in [-0.3, -0.25) is 4.79 Å². The Labute approximate surface area is 178 Å². The minimum Gasteiger partial charge on any atom is -0.491 e. The van der Waals surface area contributed by atoms with Gasteiger partial charge in [0.05, 0.1) is 18.2 Å². The number of carbonyl (C=O) groups excluding carboxylic acids is 1. The Balaban J connectivity index is 1.53. The number of anilines is 1. The summed E-state index contributed by atoms with van der Waals surface area (Å²) in [5.41, 5.74) is 7.00. The van der Waals surface area contributed by atoms with Crippen LogP contribution < -0.4 is 15.4 Å². The van der Waals surface area contributed by atoms with E-state index in [0.717, 1.165) is 17.1 Å². The van der Waals surface area contributed by atoms with Crippen LogP contribution in [0.5, 0.6) is 5.75 Å². The van der Waals surface area contributed by atoms with Crippen LogP contribution in [-0.4, -0.2) is 65.6 Å². The van der Waals surface area contributed by atoms with Crippen molar-refractivity contribution in [3.63, 3.8) is 0 Å². The molecule has 1 saturated heterocycles. The second kappa shape index (κ2) is 7.34. The van der Waals surface area contributed by atoms with Crippen molar-refractivity contribution in [1.29, 1.82) is 0 Å². The van der Waals surface area contributed by atoms with Crippen molar-refractivity contribution < 1.29 is 14.6 Å². The van der Waals surface area contributed by atoms with Crippen molar-refractivity contribution in [2.24, 2.45) is 5.73 Å². The summed E-state index contributed by atoms with van der Waals surface area (Å²) in [5.74, 6) is 2.11. The first-order valence-electron chi connectivity index (χ1n) is 10.3. The largest absolute Gasteiger partial charge is 0.491 e. The number of pyridine rings is 1. The smallest absolute Gasteiger partial charge is 0.240 e.